The molecule has 1 aromatic rings. The van der Waals surface area contributed by atoms with Crippen molar-refractivity contribution in [3.63, 3.8) is 0 Å². The molecular formula is C15H22ClFN2. The molecule has 2 rings (SSSR count). The summed E-state index contributed by atoms with van der Waals surface area (Å²) >= 11 is 5.78. The Morgan fingerprint density at radius 1 is 1.37 bits per heavy atom. The maximum atomic E-state index is 13.7. The maximum absolute atomic E-state index is 13.7. The number of piperazine rings is 1. The third-order valence-corrected chi connectivity index (χ3v) is 4.06. The fraction of sp³-hybridized carbons (Fsp3) is 0.600. The summed E-state index contributed by atoms with van der Waals surface area (Å²) in [6.45, 7) is 6.27. The van der Waals surface area contributed by atoms with Crippen molar-refractivity contribution < 1.29 is 4.39 Å². The Hall–Kier alpha value is -0.640. The third-order valence-electron chi connectivity index (χ3n) is 3.75. The van der Waals surface area contributed by atoms with Crippen LogP contribution in [0.15, 0.2) is 18.2 Å². The summed E-state index contributed by atoms with van der Waals surface area (Å²) in [4.78, 5) is 2.45. The van der Waals surface area contributed by atoms with Crippen molar-refractivity contribution in [3.05, 3.63) is 34.6 Å². The van der Waals surface area contributed by atoms with Crippen LogP contribution in [-0.2, 0) is 0 Å². The minimum atomic E-state index is -0.309. The smallest absolute Gasteiger partial charge is 0.142 e. The highest BCUT2D eigenvalue weighted by molar-refractivity contribution is 6.30. The second kappa shape index (κ2) is 7.22. The Morgan fingerprint density at radius 2 is 2.11 bits per heavy atom. The minimum Gasteiger partial charge on any atom is -0.314 e. The molecule has 1 saturated heterocycles. The summed E-state index contributed by atoms with van der Waals surface area (Å²) in [5.41, 5.74) is 1.05. The highest BCUT2D eigenvalue weighted by Crippen LogP contribution is 2.29. The van der Waals surface area contributed by atoms with Crippen LogP contribution in [0.3, 0.4) is 0 Å². The molecule has 1 N–H and O–H groups in total. The lowest BCUT2D eigenvalue weighted by molar-refractivity contribution is 0.163. The van der Waals surface area contributed by atoms with Crippen LogP contribution < -0.4 is 5.32 Å². The Bertz CT molecular complexity index is 405. The first kappa shape index (κ1) is 14.8. The molecule has 1 heterocycles. The van der Waals surface area contributed by atoms with Crippen molar-refractivity contribution in [1.29, 1.82) is 0 Å². The van der Waals surface area contributed by atoms with Gasteiger partial charge in [-0.2, -0.15) is 0 Å². The first-order valence-electron chi connectivity index (χ1n) is 7.12. The summed E-state index contributed by atoms with van der Waals surface area (Å²) in [5.74, 6) is -0.309. The molecular weight excluding hydrogens is 263 g/mol. The van der Waals surface area contributed by atoms with Gasteiger partial charge in [0.25, 0.3) is 0 Å². The van der Waals surface area contributed by atoms with E-state index in [0.717, 1.165) is 38.2 Å². The number of rotatable bonds is 5. The molecule has 19 heavy (non-hydrogen) atoms. The molecule has 0 amide bonds. The molecule has 1 aliphatic rings. The monoisotopic (exact) mass is 284 g/mol. The number of hydrogen-bond donors (Lipinski definition) is 1. The van der Waals surface area contributed by atoms with Crippen LogP contribution >= 0.6 is 11.6 Å². The van der Waals surface area contributed by atoms with E-state index in [-0.39, 0.29) is 10.8 Å². The molecule has 0 saturated carbocycles. The van der Waals surface area contributed by atoms with Gasteiger partial charge in [0.15, 0.2) is 0 Å². The zero-order chi connectivity index (χ0) is 13.7. The molecule has 0 spiro atoms. The van der Waals surface area contributed by atoms with Crippen LogP contribution in [-0.4, -0.2) is 31.1 Å². The molecule has 1 aromatic carbocycles. The van der Waals surface area contributed by atoms with Crippen molar-refractivity contribution >= 4 is 11.6 Å². The Kier molecular flexibility index (Phi) is 5.61. The second-order valence-corrected chi connectivity index (χ2v) is 5.52. The largest absolute Gasteiger partial charge is 0.314 e. The lowest BCUT2D eigenvalue weighted by Gasteiger charge is -2.35. The minimum absolute atomic E-state index is 0.207. The number of nitrogens with one attached hydrogen (secondary N) is 1. The molecule has 0 bridgehead atoms. The van der Waals surface area contributed by atoms with Gasteiger partial charge in [0.05, 0.1) is 5.02 Å². The zero-order valence-electron chi connectivity index (χ0n) is 11.5. The molecule has 0 aliphatic carbocycles. The Labute approximate surface area is 119 Å². The summed E-state index contributed by atoms with van der Waals surface area (Å²) in [6.07, 6.45) is 3.41. The lowest BCUT2D eigenvalue weighted by Crippen LogP contribution is -2.45. The van der Waals surface area contributed by atoms with Gasteiger partial charge in [-0.15, -0.1) is 0 Å². The van der Waals surface area contributed by atoms with E-state index in [2.05, 4.69) is 17.1 Å². The average molecular weight is 285 g/mol. The normalized spacial score (nSPS) is 18.5. The zero-order valence-corrected chi connectivity index (χ0v) is 12.2. The Balaban J connectivity index is 2.17. The van der Waals surface area contributed by atoms with Gasteiger partial charge in [0.1, 0.15) is 5.82 Å². The fourth-order valence-electron chi connectivity index (χ4n) is 2.67. The molecule has 0 unspecified atom stereocenters. The van der Waals surface area contributed by atoms with Crippen molar-refractivity contribution in [2.45, 2.75) is 32.2 Å². The van der Waals surface area contributed by atoms with Gasteiger partial charge in [-0.1, -0.05) is 37.4 Å². The van der Waals surface area contributed by atoms with Gasteiger partial charge in [-0.25, -0.2) is 4.39 Å². The summed E-state index contributed by atoms with van der Waals surface area (Å²) in [5, 5.41) is 3.57. The van der Waals surface area contributed by atoms with E-state index in [1.54, 1.807) is 12.1 Å². The molecule has 1 aliphatic heterocycles. The van der Waals surface area contributed by atoms with E-state index < -0.39 is 0 Å². The predicted molar refractivity (Wildman–Crippen MR) is 78.1 cm³/mol. The fourth-order valence-corrected chi connectivity index (χ4v) is 2.79. The molecule has 1 fully saturated rings. The first-order valence-corrected chi connectivity index (χ1v) is 7.50. The SMILES string of the molecule is CCCC[C@H](c1ccc(Cl)c(F)c1)N1CCNCC1. The van der Waals surface area contributed by atoms with Gasteiger partial charge >= 0.3 is 0 Å². The lowest BCUT2D eigenvalue weighted by atomic mass is 9.98. The highest BCUT2D eigenvalue weighted by atomic mass is 35.5. The molecule has 0 aromatic heterocycles. The van der Waals surface area contributed by atoms with Gasteiger partial charge < -0.3 is 5.32 Å². The van der Waals surface area contributed by atoms with Crippen molar-refractivity contribution in [2.24, 2.45) is 0 Å². The van der Waals surface area contributed by atoms with Crippen molar-refractivity contribution in [3.8, 4) is 0 Å². The van der Waals surface area contributed by atoms with Crippen LogP contribution in [0.25, 0.3) is 0 Å². The number of benzene rings is 1. The van der Waals surface area contributed by atoms with Crippen LogP contribution in [0.5, 0.6) is 0 Å². The summed E-state index contributed by atoms with van der Waals surface area (Å²) in [7, 11) is 0. The molecule has 0 radical (unpaired) electrons. The standard InChI is InChI=1S/C15H22ClFN2/c1-2-3-4-15(19-9-7-18-8-10-19)12-5-6-13(16)14(17)11-12/h5-6,11,15,18H,2-4,7-10H2,1H3/t15-/m1/s1. The van der Waals surface area contributed by atoms with Crippen molar-refractivity contribution in [2.75, 3.05) is 26.2 Å². The van der Waals surface area contributed by atoms with E-state index in [4.69, 9.17) is 11.6 Å². The average Bonchev–Trinajstić information content (AvgIpc) is 2.44. The van der Waals surface area contributed by atoms with Gasteiger partial charge in [-0.3, -0.25) is 4.90 Å². The molecule has 2 nitrogen and oxygen atoms in total. The third kappa shape index (κ3) is 3.91. The maximum Gasteiger partial charge on any atom is 0.142 e. The number of unbranched alkanes of at least 4 members (excludes halogenated alkanes) is 1. The van der Waals surface area contributed by atoms with Gasteiger partial charge in [-0.05, 0) is 24.1 Å². The van der Waals surface area contributed by atoms with E-state index in [1.165, 1.54) is 12.8 Å². The second-order valence-electron chi connectivity index (χ2n) is 5.12. The molecule has 1 atom stereocenters. The van der Waals surface area contributed by atoms with Gasteiger partial charge in [0, 0.05) is 32.2 Å². The van der Waals surface area contributed by atoms with Crippen LogP contribution in [0, 0.1) is 5.82 Å². The molecule has 4 heteroatoms. The number of hydrogen-bond acceptors (Lipinski definition) is 2. The van der Waals surface area contributed by atoms with Crippen LogP contribution in [0.4, 0.5) is 4.39 Å². The number of nitrogens with zero attached hydrogens (tertiary/aromatic N) is 1. The van der Waals surface area contributed by atoms with E-state index in [9.17, 15) is 4.39 Å². The first-order chi connectivity index (χ1) is 9.22. The van der Waals surface area contributed by atoms with Crippen molar-refractivity contribution in [1.82, 2.24) is 10.2 Å². The number of halogens is 2. The highest BCUT2D eigenvalue weighted by Gasteiger charge is 2.22. The molecule has 106 valence electrons. The van der Waals surface area contributed by atoms with E-state index >= 15 is 0 Å². The van der Waals surface area contributed by atoms with Crippen LogP contribution in [0.1, 0.15) is 37.8 Å². The predicted octanol–water partition coefficient (Wildman–Crippen LogP) is 3.62. The van der Waals surface area contributed by atoms with E-state index in [0.29, 0.717) is 6.04 Å². The van der Waals surface area contributed by atoms with E-state index in [1.807, 2.05) is 6.07 Å². The summed E-state index contributed by atoms with van der Waals surface area (Å²) in [6, 6.07) is 5.56. The quantitative estimate of drug-likeness (QED) is 0.888. The Morgan fingerprint density at radius 3 is 2.74 bits per heavy atom. The topological polar surface area (TPSA) is 15.3 Å². The van der Waals surface area contributed by atoms with Gasteiger partial charge in [0.2, 0.25) is 0 Å². The summed E-state index contributed by atoms with van der Waals surface area (Å²) < 4.78 is 13.7. The van der Waals surface area contributed by atoms with Crippen LogP contribution in [0.2, 0.25) is 5.02 Å².